The van der Waals surface area contributed by atoms with Crippen LogP contribution in [0.4, 0.5) is 0 Å². The molecule has 122 valence electrons. The number of rotatable bonds is 1. The van der Waals surface area contributed by atoms with Crippen molar-refractivity contribution in [3.8, 4) is 0 Å². The lowest BCUT2D eigenvalue weighted by Gasteiger charge is -2.59. The molecule has 4 fully saturated rings. The van der Waals surface area contributed by atoms with Crippen molar-refractivity contribution in [1.82, 2.24) is 0 Å². The second-order valence-corrected chi connectivity index (χ2v) is 8.86. The zero-order chi connectivity index (χ0) is 15.5. The summed E-state index contributed by atoms with van der Waals surface area (Å²) in [6.45, 7) is 4.62. The van der Waals surface area contributed by atoms with Gasteiger partial charge in [-0.2, -0.15) is 0 Å². The van der Waals surface area contributed by atoms with E-state index >= 15 is 0 Å². The van der Waals surface area contributed by atoms with Gasteiger partial charge in [-0.3, -0.25) is 9.59 Å². The molecule has 6 atom stereocenters. The highest BCUT2D eigenvalue weighted by Crippen LogP contribution is 2.65. The fourth-order valence-electron chi connectivity index (χ4n) is 7.32. The van der Waals surface area contributed by atoms with Gasteiger partial charge in [-0.25, -0.2) is 0 Å². The van der Waals surface area contributed by atoms with Gasteiger partial charge in [0.2, 0.25) is 0 Å². The summed E-state index contributed by atoms with van der Waals surface area (Å²) in [6.07, 6.45) is 10.8. The van der Waals surface area contributed by atoms with Crippen LogP contribution in [0.5, 0.6) is 0 Å². The van der Waals surface area contributed by atoms with E-state index in [9.17, 15) is 9.59 Å². The molecule has 0 radical (unpaired) electrons. The van der Waals surface area contributed by atoms with E-state index in [-0.39, 0.29) is 10.8 Å². The lowest BCUT2D eigenvalue weighted by Crippen LogP contribution is -2.56. The zero-order valence-corrected chi connectivity index (χ0v) is 14.2. The van der Waals surface area contributed by atoms with E-state index in [4.69, 9.17) is 0 Å². The average molecular weight is 302 g/mol. The van der Waals surface area contributed by atoms with Crippen LogP contribution in [-0.2, 0) is 9.59 Å². The van der Waals surface area contributed by atoms with Crippen molar-refractivity contribution in [3.63, 3.8) is 0 Å². The average Bonchev–Trinajstić information content (AvgIpc) is 2.85. The van der Waals surface area contributed by atoms with Gasteiger partial charge < -0.3 is 0 Å². The second kappa shape index (κ2) is 4.92. The Morgan fingerprint density at radius 1 is 1.05 bits per heavy atom. The first-order valence-corrected chi connectivity index (χ1v) is 9.59. The van der Waals surface area contributed by atoms with Gasteiger partial charge in [0, 0.05) is 24.2 Å². The predicted octanol–water partition coefficient (Wildman–Crippen LogP) is 4.56. The monoisotopic (exact) mass is 302 g/mol. The molecule has 4 saturated carbocycles. The largest absolute Gasteiger partial charge is 0.299 e. The number of carbonyl (C=O) groups excluding carboxylic acids is 2. The molecule has 2 heteroatoms. The molecule has 2 nitrogen and oxygen atoms in total. The Morgan fingerprint density at radius 2 is 1.86 bits per heavy atom. The molecule has 4 rings (SSSR count). The highest BCUT2D eigenvalue weighted by molar-refractivity contribution is 5.88. The molecule has 0 N–H and O–H groups in total. The molecule has 0 aromatic carbocycles. The number of hydrogen-bond acceptors (Lipinski definition) is 2. The molecule has 0 aromatic heterocycles. The summed E-state index contributed by atoms with van der Waals surface area (Å²) in [6, 6.07) is 0. The minimum absolute atomic E-state index is 0.0562. The maximum absolute atomic E-state index is 12.9. The molecule has 22 heavy (non-hydrogen) atoms. The van der Waals surface area contributed by atoms with E-state index in [0.717, 1.165) is 38.5 Å². The summed E-state index contributed by atoms with van der Waals surface area (Å²) in [4.78, 5) is 25.5. The minimum atomic E-state index is -0.0562. The smallest absolute Gasteiger partial charge is 0.139 e. The normalized spacial score (nSPS) is 51.2. The summed E-state index contributed by atoms with van der Waals surface area (Å²) >= 11 is 0. The molecular formula is C20H30O2. The maximum Gasteiger partial charge on any atom is 0.139 e. The van der Waals surface area contributed by atoms with Gasteiger partial charge in [-0.15, -0.1) is 0 Å². The van der Waals surface area contributed by atoms with Crippen molar-refractivity contribution in [2.24, 2.45) is 34.5 Å². The molecule has 0 amide bonds. The van der Waals surface area contributed by atoms with Crippen molar-refractivity contribution in [1.29, 1.82) is 0 Å². The SMILES string of the molecule is CC[C@]12CC[C@H]3[C@@H](CC(=O)C4CCCC[C@@]43C)[C@@H]1CCC2=O. The van der Waals surface area contributed by atoms with Crippen molar-refractivity contribution in [2.75, 3.05) is 0 Å². The molecule has 0 bridgehead atoms. The Kier molecular flexibility index (Phi) is 3.33. The lowest BCUT2D eigenvalue weighted by atomic mass is 9.44. The van der Waals surface area contributed by atoms with Crippen molar-refractivity contribution in [2.45, 2.75) is 78.1 Å². The Balaban J connectivity index is 1.71. The van der Waals surface area contributed by atoms with Gasteiger partial charge in [0.15, 0.2) is 0 Å². The van der Waals surface area contributed by atoms with E-state index in [1.165, 1.54) is 25.7 Å². The number of fused-ring (bicyclic) bond motifs is 5. The van der Waals surface area contributed by atoms with Gasteiger partial charge in [0.25, 0.3) is 0 Å². The van der Waals surface area contributed by atoms with Crippen LogP contribution in [0.2, 0.25) is 0 Å². The van der Waals surface area contributed by atoms with Crippen LogP contribution in [-0.4, -0.2) is 11.6 Å². The Labute approximate surface area is 134 Å². The van der Waals surface area contributed by atoms with Crippen LogP contribution in [0.3, 0.4) is 0 Å². The number of Topliss-reactive ketones (excluding diaryl/α,β-unsaturated/α-hetero) is 2. The van der Waals surface area contributed by atoms with Crippen LogP contribution in [0, 0.1) is 34.5 Å². The van der Waals surface area contributed by atoms with E-state index < -0.39 is 0 Å². The first-order chi connectivity index (χ1) is 10.5. The topological polar surface area (TPSA) is 34.1 Å². The predicted molar refractivity (Wildman–Crippen MR) is 86.4 cm³/mol. The molecule has 0 aromatic rings. The molecule has 4 aliphatic rings. The fourth-order valence-corrected chi connectivity index (χ4v) is 7.32. The van der Waals surface area contributed by atoms with E-state index in [1.807, 2.05) is 0 Å². The highest BCUT2D eigenvalue weighted by Gasteiger charge is 2.62. The lowest BCUT2D eigenvalue weighted by molar-refractivity contribution is -0.157. The summed E-state index contributed by atoms with van der Waals surface area (Å²) in [7, 11) is 0. The quantitative estimate of drug-likeness (QED) is 0.711. The van der Waals surface area contributed by atoms with Crippen LogP contribution < -0.4 is 0 Å². The molecule has 0 heterocycles. The van der Waals surface area contributed by atoms with Crippen LogP contribution in [0.1, 0.15) is 78.1 Å². The van der Waals surface area contributed by atoms with Crippen molar-refractivity contribution in [3.05, 3.63) is 0 Å². The highest BCUT2D eigenvalue weighted by atomic mass is 16.1. The molecule has 0 saturated heterocycles. The van der Waals surface area contributed by atoms with E-state index in [1.54, 1.807) is 0 Å². The van der Waals surface area contributed by atoms with E-state index in [2.05, 4.69) is 13.8 Å². The minimum Gasteiger partial charge on any atom is -0.299 e. The van der Waals surface area contributed by atoms with Gasteiger partial charge in [0.1, 0.15) is 11.6 Å². The van der Waals surface area contributed by atoms with Gasteiger partial charge in [0.05, 0.1) is 0 Å². The van der Waals surface area contributed by atoms with Gasteiger partial charge in [-0.05, 0) is 61.7 Å². The molecular weight excluding hydrogens is 272 g/mol. The van der Waals surface area contributed by atoms with Crippen LogP contribution in [0.15, 0.2) is 0 Å². The molecule has 1 unspecified atom stereocenters. The number of carbonyl (C=O) groups is 2. The summed E-state index contributed by atoms with van der Waals surface area (Å²) in [5, 5.41) is 0. The number of ketones is 2. The third-order valence-electron chi connectivity index (χ3n) is 8.44. The zero-order valence-electron chi connectivity index (χ0n) is 14.2. The van der Waals surface area contributed by atoms with Gasteiger partial charge >= 0.3 is 0 Å². The summed E-state index contributed by atoms with van der Waals surface area (Å²) < 4.78 is 0. The third-order valence-corrected chi connectivity index (χ3v) is 8.44. The second-order valence-electron chi connectivity index (χ2n) is 8.86. The van der Waals surface area contributed by atoms with E-state index in [0.29, 0.717) is 35.2 Å². The fraction of sp³-hybridized carbons (Fsp3) is 0.900. The summed E-state index contributed by atoms with van der Waals surface area (Å²) in [5.41, 5.74) is 0.184. The standard InChI is InChI=1S/C20H30O2/c1-3-20-11-9-14-13(15(20)7-8-18(20)22)12-17(21)16-6-4-5-10-19(14,16)2/h13-16H,3-12H2,1-2H3/t13-,14+,15+,16?,19-,20+/m1/s1. The third kappa shape index (κ3) is 1.73. The van der Waals surface area contributed by atoms with Crippen molar-refractivity contribution >= 4 is 11.6 Å². The maximum atomic E-state index is 12.9. The molecule has 0 aliphatic heterocycles. The molecule has 0 spiro atoms. The van der Waals surface area contributed by atoms with Crippen molar-refractivity contribution < 1.29 is 9.59 Å². The molecule has 4 aliphatic carbocycles. The first kappa shape index (κ1) is 14.9. The Morgan fingerprint density at radius 3 is 2.64 bits per heavy atom. The van der Waals surface area contributed by atoms with Crippen LogP contribution in [0.25, 0.3) is 0 Å². The Hall–Kier alpha value is -0.660. The summed E-state index contributed by atoms with van der Waals surface area (Å²) in [5.74, 6) is 3.09. The number of hydrogen-bond donors (Lipinski definition) is 0. The first-order valence-electron chi connectivity index (χ1n) is 9.59. The van der Waals surface area contributed by atoms with Gasteiger partial charge in [-0.1, -0.05) is 26.7 Å². The Bertz CT molecular complexity index is 510. The van der Waals surface area contributed by atoms with Crippen LogP contribution >= 0.6 is 0 Å².